The maximum atomic E-state index is 10.4. The Bertz CT molecular complexity index is 454. The third kappa shape index (κ3) is 4.33. The van der Waals surface area contributed by atoms with E-state index in [2.05, 4.69) is 53.0 Å². The van der Waals surface area contributed by atoms with Crippen LogP contribution in [-0.4, -0.2) is 0 Å². The zero-order valence-electron chi connectivity index (χ0n) is 7.26. The monoisotopic (exact) mass is 219 g/mol. The van der Waals surface area contributed by atoms with Crippen LogP contribution in [0.2, 0.25) is 0 Å². The van der Waals surface area contributed by atoms with E-state index in [9.17, 15) is 5.11 Å². The van der Waals surface area contributed by atoms with E-state index in [0.29, 0.717) is 5.57 Å². The molecule has 2 aliphatic rings. The van der Waals surface area contributed by atoms with Gasteiger partial charge in [0.2, 0.25) is 0 Å². The fourth-order valence-corrected chi connectivity index (χ4v) is 0.551. The van der Waals surface area contributed by atoms with E-state index in [1.807, 2.05) is 0 Å². The molecule has 0 aromatic rings. The summed E-state index contributed by atoms with van der Waals surface area (Å²) in [5.41, 5.74) is 7.94. The van der Waals surface area contributed by atoms with Gasteiger partial charge in [0.25, 0.3) is 0 Å². The van der Waals surface area contributed by atoms with Gasteiger partial charge >= 0.3 is 17.1 Å². The molecule has 0 unspecified atom stereocenters. The molecule has 65 valence electrons. The van der Waals surface area contributed by atoms with Crippen molar-refractivity contribution in [2.75, 3.05) is 0 Å². The Balaban J connectivity index is 0.000000246. The molecule has 0 atom stereocenters. The second-order valence-corrected chi connectivity index (χ2v) is 2.06. The summed E-state index contributed by atoms with van der Waals surface area (Å²) in [6, 6.07) is 0. The van der Waals surface area contributed by atoms with E-state index in [0.717, 1.165) is 0 Å². The Labute approximate surface area is 93.7 Å². The maximum Gasteiger partial charge on any atom is 2.00 e. The first kappa shape index (κ1) is 12.3. The molecule has 0 heterocycles. The van der Waals surface area contributed by atoms with Crippen LogP contribution in [0.4, 0.5) is 0 Å². The summed E-state index contributed by atoms with van der Waals surface area (Å²) in [5.74, 6) is 10.0. The van der Waals surface area contributed by atoms with E-state index in [1.165, 1.54) is 6.92 Å². The summed E-state index contributed by atoms with van der Waals surface area (Å²) in [5, 5.41) is 10.4. The molecular weight excluding hydrogens is 216 g/mol. The molecule has 1 radical (unpaired) electrons. The van der Waals surface area contributed by atoms with Gasteiger partial charge in [-0.25, -0.2) is 5.73 Å². The minimum Gasteiger partial charge on any atom is -0.874 e. The summed E-state index contributed by atoms with van der Waals surface area (Å²) in [6.07, 6.45) is 5.00. The fourth-order valence-electron chi connectivity index (χ4n) is 0.551. The van der Waals surface area contributed by atoms with Crippen LogP contribution >= 0.6 is 0 Å². The quantitative estimate of drug-likeness (QED) is 0.188. The smallest absolute Gasteiger partial charge is 0.874 e. The van der Waals surface area contributed by atoms with Gasteiger partial charge in [0.05, 0.1) is 5.57 Å². The Kier molecular flexibility index (Phi) is 5.90. The average molecular weight is 219 g/mol. The molecule has 14 heavy (non-hydrogen) atoms. The molecule has 0 saturated heterocycles. The van der Waals surface area contributed by atoms with Crippen LogP contribution in [0, 0.1) is 35.8 Å². The second kappa shape index (κ2) is 6.74. The minimum atomic E-state index is -0.0394. The van der Waals surface area contributed by atoms with E-state index in [1.54, 1.807) is 0 Å². The number of hydrogen-bond acceptors (Lipinski definition) is 1. The van der Waals surface area contributed by atoms with Crippen molar-refractivity contribution in [2.24, 2.45) is 0 Å². The Hall–Kier alpha value is -1.74. The van der Waals surface area contributed by atoms with Gasteiger partial charge in [-0.1, -0.05) is 6.92 Å². The number of allylic oxidation sites excluding steroid dienone is 4. The zero-order valence-corrected chi connectivity index (χ0v) is 8.37. The Morgan fingerprint density at radius 2 is 1.86 bits per heavy atom. The fraction of sp³-hybridized carbons (Fsp3) is 0.0833. The van der Waals surface area contributed by atoms with Crippen molar-refractivity contribution in [1.29, 1.82) is 0 Å². The largest absolute Gasteiger partial charge is 2.00 e. The molecule has 0 fully saturated rings. The van der Waals surface area contributed by atoms with Gasteiger partial charge < -0.3 is 5.11 Å². The van der Waals surface area contributed by atoms with E-state index in [4.69, 9.17) is 0 Å². The molecule has 1 nitrogen and oxygen atoms in total. The molecule has 2 aliphatic carbocycles. The molecule has 0 saturated carbocycles. The summed E-state index contributed by atoms with van der Waals surface area (Å²) >= 11 is 0. The molecule has 0 bridgehead atoms. The van der Waals surface area contributed by atoms with Crippen LogP contribution in [0.1, 0.15) is 6.92 Å². The molecule has 0 spiro atoms. The molecule has 2 heteroatoms. The normalized spacial score (nSPS) is 10.5. The molecule has 2 rings (SSSR count). The molecule has 0 N–H and O–H groups in total. The molecule has 0 aliphatic heterocycles. The van der Waals surface area contributed by atoms with Gasteiger partial charge in [-0.2, -0.15) is 0 Å². The Morgan fingerprint density at radius 3 is 2.07 bits per heavy atom. The second-order valence-electron chi connectivity index (χ2n) is 2.06. The standard InChI is InChI=1S/C7H4O.C5.Fe/c1-6(8)7-4-2-3-5-7;1-2-4-5-3-1;/h8H,1H3;;/q;-1;+2/p-1. The molecular formula is C12H3FeO. The van der Waals surface area contributed by atoms with Crippen molar-refractivity contribution in [2.45, 2.75) is 6.92 Å². The van der Waals surface area contributed by atoms with Crippen LogP contribution in [0.15, 0.2) is 28.5 Å². The maximum absolute atomic E-state index is 10.4. The number of rotatable bonds is 0. The first-order valence-electron chi connectivity index (χ1n) is 3.45. The van der Waals surface area contributed by atoms with Gasteiger partial charge in [-0.05, 0) is 23.7 Å². The third-order valence-corrected chi connectivity index (χ3v) is 1.10. The first-order chi connectivity index (χ1) is 6.30. The van der Waals surface area contributed by atoms with E-state index in [-0.39, 0.29) is 22.8 Å². The molecule has 0 aromatic carbocycles. The predicted molar refractivity (Wildman–Crippen MR) is 45.3 cm³/mol. The van der Waals surface area contributed by atoms with Gasteiger partial charge in [0.15, 0.2) is 0 Å². The summed E-state index contributed by atoms with van der Waals surface area (Å²) in [4.78, 5) is 0. The summed E-state index contributed by atoms with van der Waals surface area (Å²) in [7, 11) is 0. The van der Waals surface area contributed by atoms with Crippen molar-refractivity contribution >= 4 is 0 Å². The van der Waals surface area contributed by atoms with Crippen LogP contribution in [0.5, 0.6) is 0 Å². The van der Waals surface area contributed by atoms with Crippen LogP contribution < -0.4 is 5.11 Å². The van der Waals surface area contributed by atoms with Gasteiger partial charge in [-0.15, -0.1) is 17.9 Å². The SMILES string of the molecule is CC([O-])=C1C#CC#C1.[C]1=C=C=C=[C-]1.[Fe+2]. The van der Waals surface area contributed by atoms with Crippen molar-refractivity contribution < 1.29 is 22.2 Å². The minimum absolute atomic E-state index is 0. The molecule has 0 aromatic heterocycles. The van der Waals surface area contributed by atoms with Crippen LogP contribution in [0.25, 0.3) is 0 Å². The molecule has 0 amide bonds. The van der Waals surface area contributed by atoms with Crippen molar-refractivity contribution in [1.82, 2.24) is 0 Å². The van der Waals surface area contributed by atoms with Crippen molar-refractivity contribution in [3.05, 3.63) is 40.7 Å². The van der Waals surface area contributed by atoms with Crippen LogP contribution in [-0.2, 0) is 17.1 Å². The summed E-state index contributed by atoms with van der Waals surface area (Å²) < 4.78 is 0. The predicted octanol–water partition coefficient (Wildman–Crippen LogP) is 0.266. The van der Waals surface area contributed by atoms with E-state index >= 15 is 0 Å². The van der Waals surface area contributed by atoms with Gasteiger partial charge in [-0.3, -0.25) is 11.5 Å². The van der Waals surface area contributed by atoms with Crippen molar-refractivity contribution in [3.63, 3.8) is 0 Å². The summed E-state index contributed by atoms with van der Waals surface area (Å²) in [6.45, 7) is 1.46. The average Bonchev–Trinajstić information content (AvgIpc) is 2.82. The Morgan fingerprint density at radius 1 is 1.21 bits per heavy atom. The van der Waals surface area contributed by atoms with Crippen LogP contribution in [0.3, 0.4) is 0 Å². The van der Waals surface area contributed by atoms with Crippen molar-refractivity contribution in [3.8, 4) is 23.7 Å². The third-order valence-electron chi connectivity index (χ3n) is 1.10. The van der Waals surface area contributed by atoms with Gasteiger partial charge in [0, 0.05) is 0 Å². The first-order valence-corrected chi connectivity index (χ1v) is 3.45. The number of hydrogen-bond donors (Lipinski definition) is 0. The van der Waals surface area contributed by atoms with E-state index < -0.39 is 0 Å². The van der Waals surface area contributed by atoms with Gasteiger partial charge in [0.1, 0.15) is 0 Å². The topological polar surface area (TPSA) is 23.1 Å². The zero-order chi connectivity index (χ0) is 9.52.